The van der Waals surface area contributed by atoms with Crippen molar-refractivity contribution in [3.8, 4) is 0 Å². The van der Waals surface area contributed by atoms with Crippen LogP contribution in [0.3, 0.4) is 0 Å². The molecule has 0 bridgehead atoms. The van der Waals surface area contributed by atoms with Gasteiger partial charge < -0.3 is 0 Å². The van der Waals surface area contributed by atoms with Crippen LogP contribution >= 0.6 is 0 Å². The van der Waals surface area contributed by atoms with E-state index < -0.39 is 0 Å². The fourth-order valence-corrected chi connectivity index (χ4v) is 10.4. The number of rotatable bonds is 11. The van der Waals surface area contributed by atoms with Crippen molar-refractivity contribution in [2.24, 2.45) is 0 Å². The van der Waals surface area contributed by atoms with E-state index in [0.29, 0.717) is 37.1 Å². The van der Waals surface area contributed by atoms with E-state index >= 15 is 0 Å². The van der Waals surface area contributed by atoms with Gasteiger partial charge in [-0.15, -0.1) is 0 Å². The molecule has 0 saturated carbocycles. The first-order valence-electron chi connectivity index (χ1n) is 10.8. The Morgan fingerprint density at radius 3 is 1.47 bits per heavy atom. The Kier molecular flexibility index (Phi) is 8.83. The first kappa shape index (κ1) is 24.1. The summed E-state index contributed by atoms with van der Waals surface area (Å²) in [5.41, 5.74) is 1.40. The van der Waals surface area contributed by atoms with Crippen LogP contribution in [0, 0.1) is 0 Å². The van der Waals surface area contributed by atoms with Crippen molar-refractivity contribution in [3.63, 3.8) is 0 Å². The number of amides is 2. The van der Waals surface area contributed by atoms with Crippen LogP contribution in [0.2, 0.25) is 0 Å². The van der Waals surface area contributed by atoms with Crippen molar-refractivity contribution in [2.45, 2.75) is 12.8 Å². The molecule has 2 heterocycles. The van der Waals surface area contributed by atoms with Crippen LogP contribution in [0.5, 0.6) is 0 Å². The molecule has 6 nitrogen and oxygen atoms in total. The quantitative estimate of drug-likeness (QED) is 0.264. The predicted molar refractivity (Wildman–Crippen MR) is 133 cm³/mol. The molecule has 0 unspecified atom stereocenters. The molecule has 0 fully saturated rings. The Hall–Kier alpha value is -3.02. The molecule has 0 saturated heterocycles. The van der Waals surface area contributed by atoms with E-state index in [-0.39, 0.29) is 38.1 Å². The molecule has 2 amide bonds. The van der Waals surface area contributed by atoms with Gasteiger partial charge in [0.25, 0.3) is 0 Å². The number of furan rings is 2. The molecule has 0 radical (unpaired) electrons. The molecule has 2 aromatic carbocycles. The van der Waals surface area contributed by atoms with Crippen LogP contribution in [-0.2, 0) is 12.8 Å². The van der Waals surface area contributed by atoms with Crippen molar-refractivity contribution in [2.75, 3.05) is 13.1 Å². The maximum atomic E-state index is 12.8. The molecule has 2 N–H and O–H groups in total. The summed E-state index contributed by atoms with van der Waals surface area (Å²) in [5.74, 6) is 1.54. The number of benzene rings is 2. The summed E-state index contributed by atoms with van der Waals surface area (Å²) in [6, 6.07) is 22.9. The fourth-order valence-electron chi connectivity index (χ4n) is 3.24. The van der Waals surface area contributed by atoms with E-state index in [1.54, 1.807) is 12.5 Å². The standard InChI is InChI=1S/C26H24N2O4Se2/c29-25(27-15-13-19-7-5-17-31-19)21-9-1-3-11-23(21)33-34-24-12-4-2-10-22(24)26(30)28-16-14-20-8-6-18-32-20/h1-12,17-18H,13-16H2,(H,27,29)(H,28,30). The monoisotopic (exact) mass is 588 g/mol. The minimum atomic E-state index is -0.0798. The second-order valence-electron chi connectivity index (χ2n) is 7.33. The molecule has 0 aliphatic carbocycles. The second-order valence-corrected chi connectivity index (χ2v) is 13.5. The molecule has 0 spiro atoms. The number of hydrogen-bond donors (Lipinski definition) is 2. The van der Waals surface area contributed by atoms with Crippen LogP contribution < -0.4 is 19.6 Å². The average Bonchev–Trinajstić information content (AvgIpc) is 3.58. The molecule has 0 aliphatic rings. The first-order valence-corrected chi connectivity index (χ1v) is 16.9. The maximum absolute atomic E-state index is 12.8. The van der Waals surface area contributed by atoms with Crippen LogP contribution in [0.15, 0.2) is 94.2 Å². The van der Waals surface area contributed by atoms with E-state index in [9.17, 15) is 9.59 Å². The van der Waals surface area contributed by atoms with E-state index in [2.05, 4.69) is 10.6 Å². The van der Waals surface area contributed by atoms with Crippen LogP contribution in [-0.4, -0.2) is 51.2 Å². The number of carbonyl (C=O) groups excluding carboxylic acids is 2. The van der Waals surface area contributed by atoms with E-state index in [4.69, 9.17) is 8.83 Å². The third-order valence-corrected chi connectivity index (χ3v) is 12.2. The zero-order chi connectivity index (χ0) is 23.6. The molecular weight excluding hydrogens is 562 g/mol. The van der Waals surface area contributed by atoms with Crippen LogP contribution in [0.25, 0.3) is 0 Å². The summed E-state index contributed by atoms with van der Waals surface area (Å²) < 4.78 is 12.7. The summed E-state index contributed by atoms with van der Waals surface area (Å²) in [5, 5.41) is 5.97. The fraction of sp³-hybridized carbons (Fsp3) is 0.154. The van der Waals surface area contributed by atoms with Gasteiger partial charge in [0.15, 0.2) is 0 Å². The summed E-state index contributed by atoms with van der Waals surface area (Å²) >= 11 is 0.0962. The number of carbonyl (C=O) groups is 2. The predicted octanol–water partition coefficient (Wildman–Crippen LogP) is 2.09. The Morgan fingerprint density at radius 2 is 1.06 bits per heavy atom. The molecule has 174 valence electrons. The molecular formula is C26H24N2O4Se2. The first-order chi connectivity index (χ1) is 16.7. The van der Waals surface area contributed by atoms with Crippen molar-refractivity contribution < 1.29 is 18.4 Å². The van der Waals surface area contributed by atoms with Crippen molar-refractivity contribution in [1.29, 1.82) is 0 Å². The van der Waals surface area contributed by atoms with Gasteiger partial charge in [-0.2, -0.15) is 0 Å². The molecule has 4 rings (SSSR count). The molecule has 0 atom stereocenters. The molecule has 4 aromatic rings. The Morgan fingerprint density at radius 1 is 0.618 bits per heavy atom. The van der Waals surface area contributed by atoms with E-state index in [1.807, 2.05) is 72.8 Å². The van der Waals surface area contributed by atoms with Gasteiger partial charge in [-0.1, -0.05) is 0 Å². The van der Waals surface area contributed by atoms with Gasteiger partial charge in [0, 0.05) is 0 Å². The van der Waals surface area contributed by atoms with Crippen LogP contribution in [0.4, 0.5) is 0 Å². The SMILES string of the molecule is O=C(NCCc1ccco1)c1ccccc1[Se][Se]c1ccccc1C(=O)NCCc1ccco1. The van der Waals surface area contributed by atoms with Gasteiger partial charge in [-0.05, 0) is 0 Å². The van der Waals surface area contributed by atoms with Gasteiger partial charge in [-0.3, -0.25) is 0 Å². The minimum absolute atomic E-state index is 0.0481. The Labute approximate surface area is 209 Å². The Bertz CT molecular complexity index is 1110. The van der Waals surface area contributed by atoms with Crippen LogP contribution in [0.1, 0.15) is 32.2 Å². The summed E-state index contributed by atoms with van der Waals surface area (Å²) in [6.07, 6.45) is 4.57. The van der Waals surface area contributed by atoms with Gasteiger partial charge >= 0.3 is 210 Å². The van der Waals surface area contributed by atoms with Crippen molar-refractivity contribution in [3.05, 3.63) is 108 Å². The number of hydrogen-bond acceptors (Lipinski definition) is 4. The van der Waals surface area contributed by atoms with Gasteiger partial charge in [-0.25, -0.2) is 0 Å². The molecule has 2 aromatic heterocycles. The van der Waals surface area contributed by atoms with Crippen molar-refractivity contribution >= 4 is 47.0 Å². The zero-order valence-corrected chi connectivity index (χ0v) is 21.8. The summed E-state index contributed by atoms with van der Waals surface area (Å²) in [4.78, 5) is 25.6. The van der Waals surface area contributed by atoms with Gasteiger partial charge in [0.1, 0.15) is 0 Å². The normalized spacial score (nSPS) is 10.7. The average molecular weight is 586 g/mol. The van der Waals surface area contributed by atoms with E-state index in [1.165, 1.54) is 0 Å². The van der Waals surface area contributed by atoms with Gasteiger partial charge in [0.05, 0.1) is 0 Å². The zero-order valence-electron chi connectivity index (χ0n) is 18.4. The molecule has 8 heteroatoms. The number of nitrogens with one attached hydrogen (secondary N) is 2. The second kappa shape index (κ2) is 12.4. The topological polar surface area (TPSA) is 84.5 Å². The molecule has 0 aliphatic heterocycles. The van der Waals surface area contributed by atoms with Crippen molar-refractivity contribution in [1.82, 2.24) is 10.6 Å². The van der Waals surface area contributed by atoms with E-state index in [0.717, 1.165) is 20.4 Å². The van der Waals surface area contributed by atoms with Gasteiger partial charge in [0.2, 0.25) is 0 Å². The molecule has 34 heavy (non-hydrogen) atoms. The third kappa shape index (κ3) is 6.75. The third-order valence-electron chi connectivity index (χ3n) is 4.96. The Balaban J connectivity index is 1.35. The summed E-state index contributed by atoms with van der Waals surface area (Å²) in [6.45, 7) is 1.03. The summed E-state index contributed by atoms with van der Waals surface area (Å²) in [7, 11) is 0.